The fraction of sp³-hybridized carbons (Fsp3) is 0.333. The Labute approximate surface area is 157 Å². The van der Waals surface area contributed by atoms with Gasteiger partial charge in [-0.2, -0.15) is 0 Å². The second-order valence-corrected chi connectivity index (χ2v) is 7.45. The zero-order valence-corrected chi connectivity index (χ0v) is 15.9. The summed E-state index contributed by atoms with van der Waals surface area (Å²) in [4.78, 5) is 0. The number of aryl methyl sites for hydroxylation is 1. The highest BCUT2D eigenvalue weighted by Crippen LogP contribution is 2.43. The maximum absolute atomic E-state index is 6.09. The number of benzene rings is 2. The molecule has 0 aromatic heterocycles. The van der Waals surface area contributed by atoms with Gasteiger partial charge in [-0.25, -0.2) is 0 Å². The molecule has 0 aliphatic carbocycles. The summed E-state index contributed by atoms with van der Waals surface area (Å²) < 4.78 is 11.9. The van der Waals surface area contributed by atoms with Crippen molar-refractivity contribution in [3.8, 4) is 0 Å². The summed E-state index contributed by atoms with van der Waals surface area (Å²) in [6.07, 6.45) is 2.62. The first-order valence-corrected chi connectivity index (χ1v) is 9.32. The highest BCUT2D eigenvalue weighted by Gasteiger charge is 2.34. The Balaban J connectivity index is 1.82. The molecule has 0 N–H and O–H groups in total. The Bertz CT molecular complexity index is 757. The van der Waals surface area contributed by atoms with E-state index in [9.17, 15) is 0 Å². The van der Waals surface area contributed by atoms with E-state index in [1.807, 2.05) is 12.3 Å². The average molecular weight is 348 g/mol. The first-order chi connectivity index (χ1) is 12.5. The van der Waals surface area contributed by atoms with Crippen molar-refractivity contribution < 1.29 is 9.47 Å². The van der Waals surface area contributed by atoms with Crippen molar-refractivity contribution in [2.24, 2.45) is 5.92 Å². The van der Waals surface area contributed by atoms with E-state index in [1.54, 1.807) is 0 Å². The van der Waals surface area contributed by atoms with E-state index < -0.39 is 0 Å². The fourth-order valence-corrected chi connectivity index (χ4v) is 3.29. The van der Waals surface area contributed by atoms with Crippen LogP contribution in [0, 0.1) is 12.8 Å². The van der Waals surface area contributed by atoms with Crippen molar-refractivity contribution in [2.75, 3.05) is 6.61 Å². The Morgan fingerprint density at radius 1 is 1.08 bits per heavy atom. The molecule has 0 saturated heterocycles. The van der Waals surface area contributed by atoms with Gasteiger partial charge < -0.3 is 9.47 Å². The maximum atomic E-state index is 6.09. The first-order valence-electron chi connectivity index (χ1n) is 9.32. The summed E-state index contributed by atoms with van der Waals surface area (Å²) in [5.41, 5.74) is 4.95. The van der Waals surface area contributed by atoms with Crippen LogP contribution in [0.1, 0.15) is 42.9 Å². The van der Waals surface area contributed by atoms with E-state index in [0.29, 0.717) is 18.9 Å². The molecule has 0 saturated carbocycles. The van der Waals surface area contributed by atoms with Crippen LogP contribution in [0.2, 0.25) is 0 Å². The molecule has 136 valence electrons. The van der Waals surface area contributed by atoms with Gasteiger partial charge in [-0.15, -0.1) is 0 Å². The van der Waals surface area contributed by atoms with Gasteiger partial charge in [-0.05, 0) is 24.0 Å². The second kappa shape index (κ2) is 8.27. The van der Waals surface area contributed by atoms with Crippen LogP contribution in [-0.4, -0.2) is 12.7 Å². The van der Waals surface area contributed by atoms with Crippen molar-refractivity contribution in [3.63, 3.8) is 0 Å². The van der Waals surface area contributed by atoms with Crippen LogP contribution in [0.25, 0.3) is 5.57 Å². The SMILES string of the molecule is C=C(CC1OC=C(c2ccc(C)cc2)C1c1ccccc1)OCC(C)C. The predicted molar refractivity (Wildman–Crippen MR) is 108 cm³/mol. The average Bonchev–Trinajstić information content (AvgIpc) is 3.05. The third-order valence-corrected chi connectivity index (χ3v) is 4.67. The molecule has 0 amide bonds. The van der Waals surface area contributed by atoms with Crippen LogP contribution < -0.4 is 0 Å². The third-order valence-electron chi connectivity index (χ3n) is 4.67. The lowest BCUT2D eigenvalue weighted by Gasteiger charge is -2.23. The first kappa shape index (κ1) is 18.3. The molecule has 2 atom stereocenters. The molecular weight excluding hydrogens is 320 g/mol. The molecule has 2 aromatic rings. The molecule has 1 aliphatic heterocycles. The van der Waals surface area contributed by atoms with E-state index in [4.69, 9.17) is 9.47 Å². The Morgan fingerprint density at radius 3 is 2.42 bits per heavy atom. The lowest BCUT2D eigenvalue weighted by atomic mass is 9.83. The van der Waals surface area contributed by atoms with Gasteiger partial charge in [-0.3, -0.25) is 0 Å². The van der Waals surface area contributed by atoms with Gasteiger partial charge in [0, 0.05) is 17.9 Å². The van der Waals surface area contributed by atoms with Crippen molar-refractivity contribution in [1.29, 1.82) is 0 Å². The smallest absolute Gasteiger partial charge is 0.116 e. The van der Waals surface area contributed by atoms with Gasteiger partial charge in [0.05, 0.1) is 18.6 Å². The molecule has 0 fully saturated rings. The second-order valence-electron chi connectivity index (χ2n) is 7.45. The van der Waals surface area contributed by atoms with E-state index >= 15 is 0 Å². The van der Waals surface area contributed by atoms with Crippen LogP contribution in [-0.2, 0) is 9.47 Å². The number of hydrogen-bond acceptors (Lipinski definition) is 2. The third kappa shape index (κ3) is 4.37. The number of rotatable bonds is 7. The maximum Gasteiger partial charge on any atom is 0.116 e. The molecule has 0 spiro atoms. The molecule has 0 radical (unpaired) electrons. The number of hydrogen-bond donors (Lipinski definition) is 0. The molecular formula is C24H28O2. The van der Waals surface area contributed by atoms with Crippen molar-refractivity contribution in [1.82, 2.24) is 0 Å². The van der Waals surface area contributed by atoms with Gasteiger partial charge in [-0.1, -0.05) is 80.6 Å². The monoisotopic (exact) mass is 348 g/mol. The molecule has 2 nitrogen and oxygen atoms in total. The van der Waals surface area contributed by atoms with Gasteiger partial charge >= 0.3 is 0 Å². The van der Waals surface area contributed by atoms with Crippen molar-refractivity contribution >= 4 is 5.57 Å². The van der Waals surface area contributed by atoms with E-state index in [0.717, 1.165) is 5.76 Å². The minimum absolute atomic E-state index is 0.00775. The van der Waals surface area contributed by atoms with Crippen LogP contribution in [0.5, 0.6) is 0 Å². The van der Waals surface area contributed by atoms with Crippen LogP contribution in [0.3, 0.4) is 0 Å². The van der Waals surface area contributed by atoms with Crippen LogP contribution in [0.4, 0.5) is 0 Å². The molecule has 1 aliphatic rings. The molecule has 26 heavy (non-hydrogen) atoms. The Hall–Kier alpha value is -2.48. The summed E-state index contributed by atoms with van der Waals surface area (Å²) >= 11 is 0. The normalized spacial score (nSPS) is 19.2. The van der Waals surface area contributed by atoms with Gasteiger partial charge in [0.2, 0.25) is 0 Å². The largest absolute Gasteiger partial charge is 0.498 e. The Kier molecular flexibility index (Phi) is 5.82. The summed E-state index contributed by atoms with van der Waals surface area (Å²) in [5.74, 6) is 1.46. The zero-order chi connectivity index (χ0) is 18.5. The topological polar surface area (TPSA) is 18.5 Å². The highest BCUT2D eigenvalue weighted by molar-refractivity contribution is 5.73. The summed E-state index contributed by atoms with van der Waals surface area (Å²) in [5, 5.41) is 0. The van der Waals surface area contributed by atoms with Crippen molar-refractivity contribution in [2.45, 2.75) is 39.2 Å². The fourth-order valence-electron chi connectivity index (χ4n) is 3.29. The molecule has 2 unspecified atom stereocenters. The van der Waals surface area contributed by atoms with Gasteiger partial charge in [0.15, 0.2) is 0 Å². The van der Waals surface area contributed by atoms with Crippen LogP contribution in [0.15, 0.2) is 73.2 Å². The lowest BCUT2D eigenvalue weighted by Crippen LogP contribution is -2.18. The lowest BCUT2D eigenvalue weighted by molar-refractivity contribution is 0.112. The highest BCUT2D eigenvalue weighted by atomic mass is 16.5. The van der Waals surface area contributed by atoms with Gasteiger partial charge in [0.1, 0.15) is 6.10 Å². The zero-order valence-electron chi connectivity index (χ0n) is 15.9. The van der Waals surface area contributed by atoms with Crippen molar-refractivity contribution in [3.05, 3.63) is 89.9 Å². The van der Waals surface area contributed by atoms with Crippen LogP contribution >= 0.6 is 0 Å². The summed E-state index contributed by atoms with van der Waals surface area (Å²) in [7, 11) is 0. The molecule has 2 heteroatoms. The minimum Gasteiger partial charge on any atom is -0.498 e. The molecule has 3 rings (SSSR count). The standard InChI is InChI=1S/C24H28O2/c1-17(2)15-25-19(4)14-23-24(21-8-6-5-7-9-21)22(16-26-23)20-12-10-18(3)11-13-20/h5-13,16-17,23-24H,4,14-15H2,1-3H3. The molecule has 0 bridgehead atoms. The quantitative estimate of drug-likeness (QED) is 0.563. The van der Waals surface area contributed by atoms with Gasteiger partial charge in [0.25, 0.3) is 0 Å². The van der Waals surface area contributed by atoms with E-state index in [-0.39, 0.29) is 12.0 Å². The summed E-state index contributed by atoms with van der Waals surface area (Å²) in [6, 6.07) is 19.2. The number of ether oxygens (including phenoxy) is 2. The van der Waals surface area contributed by atoms with E-state index in [1.165, 1.54) is 22.3 Å². The molecule has 1 heterocycles. The summed E-state index contributed by atoms with van der Waals surface area (Å²) in [6.45, 7) is 11.2. The van der Waals surface area contributed by atoms with E-state index in [2.05, 4.69) is 75.9 Å². The molecule has 2 aromatic carbocycles. The Morgan fingerprint density at radius 2 is 1.77 bits per heavy atom. The predicted octanol–water partition coefficient (Wildman–Crippen LogP) is 6.09. The minimum atomic E-state index is 0.00775.